The number of hydrogen-bond acceptors (Lipinski definition) is 2. The van der Waals surface area contributed by atoms with Crippen molar-refractivity contribution in [3.05, 3.63) is 0 Å². The van der Waals surface area contributed by atoms with E-state index < -0.39 is 0 Å². The molecule has 3 N–H and O–H groups in total. The first-order valence-corrected chi connectivity index (χ1v) is 4.78. The lowest BCUT2D eigenvalue weighted by Gasteiger charge is -2.33. The Morgan fingerprint density at radius 3 is 2.67 bits per heavy atom. The van der Waals surface area contributed by atoms with Crippen LogP contribution in [0.4, 0.5) is 0 Å². The van der Waals surface area contributed by atoms with Gasteiger partial charge in [0, 0.05) is 12.5 Å². The Morgan fingerprint density at radius 2 is 2.25 bits per heavy atom. The number of nitrogens with zero attached hydrogens (tertiary/aromatic N) is 1. The summed E-state index contributed by atoms with van der Waals surface area (Å²) in [7, 11) is 0. The molecule has 0 aromatic carbocycles. The first-order chi connectivity index (χ1) is 5.77. The van der Waals surface area contributed by atoms with Crippen LogP contribution in [0.25, 0.3) is 0 Å². The van der Waals surface area contributed by atoms with E-state index >= 15 is 0 Å². The molecule has 1 fully saturated rings. The summed E-state index contributed by atoms with van der Waals surface area (Å²) in [5, 5.41) is 0. The number of amidine groups is 1. The van der Waals surface area contributed by atoms with Crippen LogP contribution in [0.1, 0.15) is 33.1 Å². The van der Waals surface area contributed by atoms with E-state index in [0.29, 0.717) is 5.92 Å². The maximum absolute atomic E-state index is 5.39. The summed E-state index contributed by atoms with van der Waals surface area (Å²) in [6, 6.07) is 0. The van der Waals surface area contributed by atoms with Gasteiger partial charge in [-0.05, 0) is 25.2 Å². The second-order valence-electron chi connectivity index (χ2n) is 3.68. The van der Waals surface area contributed by atoms with Crippen LogP contribution in [0, 0.1) is 11.8 Å². The van der Waals surface area contributed by atoms with Crippen LogP contribution in [-0.4, -0.2) is 12.4 Å². The highest BCUT2D eigenvalue weighted by atomic mass is 15.3. The Bertz CT molecular complexity index is 159. The zero-order valence-electron chi connectivity index (χ0n) is 8.01. The lowest BCUT2D eigenvalue weighted by molar-refractivity contribution is 0.276. The van der Waals surface area contributed by atoms with Crippen LogP contribution in [0.3, 0.4) is 0 Å². The maximum Gasteiger partial charge on any atom is 0.113 e. The molecule has 0 amide bonds. The van der Waals surface area contributed by atoms with E-state index in [9.17, 15) is 0 Å². The van der Waals surface area contributed by atoms with Crippen LogP contribution < -0.4 is 11.3 Å². The normalized spacial score (nSPS) is 29.8. The Morgan fingerprint density at radius 1 is 1.58 bits per heavy atom. The van der Waals surface area contributed by atoms with Crippen molar-refractivity contribution in [2.45, 2.75) is 33.1 Å². The van der Waals surface area contributed by atoms with E-state index in [1.807, 2.05) is 0 Å². The number of aliphatic imine (C=N–C) groups is 1. The fourth-order valence-electron chi connectivity index (χ4n) is 1.65. The summed E-state index contributed by atoms with van der Waals surface area (Å²) in [5.41, 5.74) is 2.71. The monoisotopic (exact) mass is 169 g/mol. The van der Waals surface area contributed by atoms with Gasteiger partial charge in [0.15, 0.2) is 0 Å². The lowest BCUT2D eigenvalue weighted by Crippen LogP contribution is -2.41. The average Bonchev–Trinajstić information content (AvgIpc) is 2.02. The third-order valence-electron chi connectivity index (χ3n) is 2.41. The van der Waals surface area contributed by atoms with Crippen molar-refractivity contribution in [1.29, 1.82) is 0 Å². The lowest BCUT2D eigenvalue weighted by atomic mass is 9.75. The fourth-order valence-corrected chi connectivity index (χ4v) is 1.65. The first-order valence-electron chi connectivity index (χ1n) is 4.78. The van der Waals surface area contributed by atoms with E-state index in [2.05, 4.69) is 24.3 Å². The van der Waals surface area contributed by atoms with Gasteiger partial charge in [-0.2, -0.15) is 0 Å². The van der Waals surface area contributed by atoms with E-state index in [0.717, 1.165) is 24.7 Å². The smallest absolute Gasteiger partial charge is 0.113 e. The molecule has 3 heteroatoms. The minimum atomic E-state index is 0.608. The van der Waals surface area contributed by atoms with Gasteiger partial charge in [0.1, 0.15) is 5.84 Å². The van der Waals surface area contributed by atoms with E-state index in [1.165, 1.54) is 12.8 Å². The zero-order valence-corrected chi connectivity index (χ0v) is 8.01. The minimum absolute atomic E-state index is 0.608. The molecule has 1 aliphatic rings. The molecule has 0 aromatic heterocycles. The Labute approximate surface area is 74.4 Å². The van der Waals surface area contributed by atoms with Gasteiger partial charge in [-0.3, -0.25) is 4.99 Å². The van der Waals surface area contributed by atoms with Gasteiger partial charge in [0.25, 0.3) is 0 Å². The number of hydrogen-bond donors (Lipinski definition) is 2. The number of rotatable bonds is 3. The fraction of sp³-hybridized carbons (Fsp3) is 0.889. The molecule has 0 spiro atoms. The predicted octanol–water partition coefficient (Wildman–Crippen LogP) is 1.30. The van der Waals surface area contributed by atoms with Crippen LogP contribution >= 0.6 is 0 Å². The SMILES string of the molecule is CCCN=C(NN)C1CC(C)C1. The molecule has 3 nitrogen and oxygen atoms in total. The van der Waals surface area contributed by atoms with Crippen molar-refractivity contribution in [3.8, 4) is 0 Å². The Hall–Kier alpha value is -0.570. The quantitative estimate of drug-likeness (QED) is 0.289. The molecule has 0 saturated heterocycles. The molecule has 70 valence electrons. The molecular weight excluding hydrogens is 150 g/mol. The molecule has 0 atom stereocenters. The average molecular weight is 169 g/mol. The summed E-state index contributed by atoms with van der Waals surface area (Å²) in [5.74, 6) is 7.86. The summed E-state index contributed by atoms with van der Waals surface area (Å²) in [6.45, 7) is 5.29. The van der Waals surface area contributed by atoms with Gasteiger partial charge in [0.2, 0.25) is 0 Å². The third-order valence-corrected chi connectivity index (χ3v) is 2.41. The van der Waals surface area contributed by atoms with Crippen molar-refractivity contribution in [1.82, 2.24) is 5.43 Å². The minimum Gasteiger partial charge on any atom is -0.312 e. The van der Waals surface area contributed by atoms with Gasteiger partial charge in [-0.15, -0.1) is 0 Å². The van der Waals surface area contributed by atoms with Gasteiger partial charge < -0.3 is 5.43 Å². The van der Waals surface area contributed by atoms with Gasteiger partial charge in [0.05, 0.1) is 0 Å². The summed E-state index contributed by atoms with van der Waals surface area (Å²) in [6.07, 6.45) is 3.58. The van der Waals surface area contributed by atoms with Crippen LogP contribution in [0.2, 0.25) is 0 Å². The highest BCUT2D eigenvalue weighted by Crippen LogP contribution is 2.33. The largest absolute Gasteiger partial charge is 0.312 e. The van der Waals surface area contributed by atoms with E-state index in [1.54, 1.807) is 0 Å². The molecule has 1 rings (SSSR count). The van der Waals surface area contributed by atoms with Crippen LogP contribution in [-0.2, 0) is 0 Å². The number of nitrogens with two attached hydrogens (primary N) is 1. The topological polar surface area (TPSA) is 50.4 Å². The standard InChI is InChI=1S/C9H19N3/c1-3-4-11-9(12-10)8-5-7(2)6-8/h7-8H,3-6,10H2,1-2H3,(H,11,12). The molecule has 1 saturated carbocycles. The highest BCUT2D eigenvalue weighted by molar-refractivity contribution is 5.84. The first kappa shape index (κ1) is 9.52. The summed E-state index contributed by atoms with van der Waals surface area (Å²) >= 11 is 0. The van der Waals surface area contributed by atoms with Gasteiger partial charge in [-0.1, -0.05) is 13.8 Å². The molecule has 0 radical (unpaired) electrons. The Kier molecular flexibility index (Phi) is 3.53. The molecule has 0 heterocycles. The molecule has 0 bridgehead atoms. The van der Waals surface area contributed by atoms with Gasteiger partial charge in [-0.25, -0.2) is 5.84 Å². The van der Waals surface area contributed by atoms with Crippen molar-refractivity contribution >= 4 is 5.84 Å². The summed E-state index contributed by atoms with van der Waals surface area (Å²) in [4.78, 5) is 4.40. The van der Waals surface area contributed by atoms with Crippen molar-refractivity contribution in [2.24, 2.45) is 22.7 Å². The Balaban J connectivity index is 2.35. The number of nitrogens with one attached hydrogen (secondary N) is 1. The zero-order chi connectivity index (χ0) is 8.97. The highest BCUT2D eigenvalue weighted by Gasteiger charge is 2.29. The summed E-state index contributed by atoms with van der Waals surface area (Å²) < 4.78 is 0. The van der Waals surface area contributed by atoms with Crippen LogP contribution in [0.15, 0.2) is 4.99 Å². The molecule has 0 aromatic rings. The van der Waals surface area contributed by atoms with Crippen LogP contribution in [0.5, 0.6) is 0 Å². The predicted molar refractivity (Wildman–Crippen MR) is 51.8 cm³/mol. The second kappa shape index (κ2) is 4.45. The van der Waals surface area contributed by atoms with E-state index in [4.69, 9.17) is 5.84 Å². The van der Waals surface area contributed by atoms with Crippen molar-refractivity contribution in [2.75, 3.05) is 6.54 Å². The van der Waals surface area contributed by atoms with E-state index in [-0.39, 0.29) is 0 Å². The van der Waals surface area contributed by atoms with Crippen molar-refractivity contribution in [3.63, 3.8) is 0 Å². The van der Waals surface area contributed by atoms with Crippen molar-refractivity contribution < 1.29 is 0 Å². The van der Waals surface area contributed by atoms with Gasteiger partial charge >= 0.3 is 0 Å². The molecule has 0 unspecified atom stereocenters. The third kappa shape index (κ3) is 2.21. The maximum atomic E-state index is 5.39. The molecular formula is C9H19N3. The molecule has 0 aliphatic heterocycles. The molecule has 1 aliphatic carbocycles. The number of hydrazine groups is 1. The molecule has 12 heavy (non-hydrogen) atoms. The second-order valence-corrected chi connectivity index (χ2v) is 3.68.